The summed E-state index contributed by atoms with van der Waals surface area (Å²) >= 11 is 5.03. The minimum absolute atomic E-state index is 0.513. The van der Waals surface area contributed by atoms with Crippen LogP contribution in [-0.4, -0.2) is 20.9 Å². The quantitative estimate of drug-likeness (QED) is 0.819. The molecule has 1 amide bonds. The first-order valence-corrected chi connectivity index (χ1v) is 5.05. The number of alkyl halides is 2. The Balaban J connectivity index is 2.38. The number of pyridine rings is 1. The molecule has 2 rings (SSSR count). The van der Waals surface area contributed by atoms with Gasteiger partial charge in [-0.3, -0.25) is 4.79 Å². The molecule has 1 atom stereocenters. The van der Waals surface area contributed by atoms with Crippen LogP contribution in [0.5, 0.6) is 0 Å². The second-order valence-corrected chi connectivity index (χ2v) is 3.66. The first-order chi connectivity index (χ1) is 7.59. The third kappa shape index (κ3) is 1.86. The fraction of sp³-hybridized carbons (Fsp3) is 0.200. The Bertz CT molecular complexity index is 538. The summed E-state index contributed by atoms with van der Waals surface area (Å²) in [7, 11) is 0. The molecule has 2 heterocycles. The van der Waals surface area contributed by atoms with Crippen LogP contribution >= 0.6 is 11.6 Å². The Kier molecular flexibility index (Phi) is 2.78. The summed E-state index contributed by atoms with van der Waals surface area (Å²) in [6.45, 7) is 1.80. The molecule has 1 unspecified atom stereocenters. The van der Waals surface area contributed by atoms with Gasteiger partial charge in [0.15, 0.2) is 0 Å². The molecule has 0 aliphatic carbocycles. The van der Waals surface area contributed by atoms with Crippen LogP contribution in [0.25, 0.3) is 5.65 Å². The van der Waals surface area contributed by atoms with Crippen LogP contribution in [0.15, 0.2) is 24.5 Å². The van der Waals surface area contributed by atoms with Gasteiger partial charge < -0.3 is 9.72 Å². The zero-order valence-electron chi connectivity index (χ0n) is 8.45. The molecule has 0 bridgehead atoms. The van der Waals surface area contributed by atoms with Crippen molar-refractivity contribution in [1.82, 2.24) is 9.38 Å². The van der Waals surface area contributed by atoms with Crippen LogP contribution in [0.2, 0.25) is 0 Å². The Morgan fingerprint density at radius 1 is 1.62 bits per heavy atom. The Labute approximate surface area is 96.0 Å². The molecule has 0 saturated heterocycles. The lowest BCUT2D eigenvalue weighted by Crippen LogP contribution is -2.20. The number of aryl methyl sites for hydroxylation is 1. The van der Waals surface area contributed by atoms with E-state index in [2.05, 4.69) is 10.3 Å². The van der Waals surface area contributed by atoms with Crippen molar-refractivity contribution in [2.24, 2.45) is 0 Å². The summed E-state index contributed by atoms with van der Waals surface area (Å²) in [6.07, 6.45) is 3.40. The molecule has 0 spiro atoms. The number of carbonyl (C=O) groups excluding carboxylic acids is 1. The summed E-state index contributed by atoms with van der Waals surface area (Å²) in [6, 6.07) is 3.39. The molecule has 2 aromatic rings. The standard InChI is InChI=1S/C10H9ClFN3O/c1-6-7(14-10(16)9(11)12)2-3-8-13-4-5-15(6)8/h2-5,9H,1H3,(H,14,16). The van der Waals surface area contributed by atoms with E-state index >= 15 is 0 Å². The molecular weight excluding hydrogens is 233 g/mol. The molecule has 0 aliphatic rings. The van der Waals surface area contributed by atoms with Crippen molar-refractivity contribution < 1.29 is 9.18 Å². The van der Waals surface area contributed by atoms with Crippen molar-refractivity contribution in [3.63, 3.8) is 0 Å². The fourth-order valence-electron chi connectivity index (χ4n) is 1.45. The number of carbonyl (C=O) groups is 1. The van der Waals surface area contributed by atoms with Gasteiger partial charge in [0.25, 0.3) is 11.5 Å². The summed E-state index contributed by atoms with van der Waals surface area (Å²) in [5.74, 6) is -0.871. The van der Waals surface area contributed by atoms with Gasteiger partial charge in [0.1, 0.15) is 5.65 Å². The van der Waals surface area contributed by atoms with Gasteiger partial charge in [-0.1, -0.05) is 11.6 Å². The number of nitrogens with zero attached hydrogens (tertiary/aromatic N) is 2. The van der Waals surface area contributed by atoms with Crippen LogP contribution in [0.3, 0.4) is 0 Å². The van der Waals surface area contributed by atoms with Crippen molar-refractivity contribution in [2.75, 3.05) is 5.32 Å². The number of halogens is 2. The highest BCUT2D eigenvalue weighted by atomic mass is 35.5. The van der Waals surface area contributed by atoms with Crippen LogP contribution in [0, 0.1) is 6.92 Å². The van der Waals surface area contributed by atoms with Gasteiger partial charge in [0.2, 0.25) is 0 Å². The van der Waals surface area contributed by atoms with Gasteiger partial charge >= 0.3 is 0 Å². The maximum Gasteiger partial charge on any atom is 0.274 e. The highest BCUT2D eigenvalue weighted by molar-refractivity contribution is 6.31. The summed E-state index contributed by atoms with van der Waals surface area (Å²) < 4.78 is 14.3. The van der Waals surface area contributed by atoms with Gasteiger partial charge in [-0.15, -0.1) is 0 Å². The molecule has 6 heteroatoms. The normalized spacial score (nSPS) is 12.7. The average molecular weight is 242 g/mol. The first-order valence-electron chi connectivity index (χ1n) is 4.61. The molecule has 0 aromatic carbocycles. The fourth-order valence-corrected chi connectivity index (χ4v) is 1.50. The Morgan fingerprint density at radius 2 is 2.38 bits per heavy atom. The van der Waals surface area contributed by atoms with Crippen LogP contribution in [-0.2, 0) is 4.79 Å². The number of hydrogen-bond donors (Lipinski definition) is 1. The lowest BCUT2D eigenvalue weighted by molar-refractivity contribution is -0.118. The van der Waals surface area contributed by atoms with Gasteiger partial charge in [0.05, 0.1) is 5.69 Å². The van der Waals surface area contributed by atoms with E-state index in [1.165, 1.54) is 0 Å². The number of hydrogen-bond acceptors (Lipinski definition) is 2. The highest BCUT2D eigenvalue weighted by Gasteiger charge is 2.14. The van der Waals surface area contributed by atoms with Crippen LogP contribution in [0.4, 0.5) is 10.1 Å². The SMILES string of the molecule is Cc1c(NC(=O)C(F)Cl)ccc2nccn12. The monoisotopic (exact) mass is 241 g/mol. The summed E-state index contributed by atoms with van der Waals surface area (Å²) in [5.41, 5.74) is -0.00415. The van der Waals surface area contributed by atoms with Crippen molar-refractivity contribution in [1.29, 1.82) is 0 Å². The molecular formula is C10H9ClFN3O. The van der Waals surface area contributed by atoms with Gasteiger partial charge in [-0.25, -0.2) is 9.37 Å². The first kappa shape index (κ1) is 10.9. The van der Waals surface area contributed by atoms with Gasteiger partial charge in [0, 0.05) is 18.1 Å². The van der Waals surface area contributed by atoms with E-state index in [0.29, 0.717) is 5.69 Å². The molecule has 84 valence electrons. The van der Waals surface area contributed by atoms with Crippen molar-refractivity contribution in [3.05, 3.63) is 30.2 Å². The van der Waals surface area contributed by atoms with Gasteiger partial charge in [-0.2, -0.15) is 0 Å². The molecule has 2 aromatic heterocycles. The third-order valence-corrected chi connectivity index (χ3v) is 2.47. The average Bonchev–Trinajstić information content (AvgIpc) is 2.70. The topological polar surface area (TPSA) is 46.4 Å². The largest absolute Gasteiger partial charge is 0.321 e. The van der Waals surface area contributed by atoms with Crippen molar-refractivity contribution >= 4 is 28.8 Å². The third-order valence-electron chi connectivity index (χ3n) is 2.28. The van der Waals surface area contributed by atoms with E-state index in [4.69, 9.17) is 11.6 Å². The smallest absolute Gasteiger partial charge is 0.274 e. The Morgan fingerprint density at radius 3 is 3.06 bits per heavy atom. The predicted molar refractivity (Wildman–Crippen MR) is 59.3 cm³/mol. The maximum absolute atomic E-state index is 12.5. The van der Waals surface area contributed by atoms with Crippen LogP contribution < -0.4 is 5.32 Å². The predicted octanol–water partition coefficient (Wildman–Crippen LogP) is 2.12. The summed E-state index contributed by atoms with van der Waals surface area (Å²) in [4.78, 5) is 15.2. The van der Waals surface area contributed by atoms with Gasteiger partial charge in [-0.05, 0) is 19.1 Å². The van der Waals surface area contributed by atoms with E-state index in [1.807, 2.05) is 0 Å². The van der Waals surface area contributed by atoms with E-state index in [9.17, 15) is 9.18 Å². The number of aromatic nitrogens is 2. The molecule has 16 heavy (non-hydrogen) atoms. The molecule has 0 fully saturated rings. The highest BCUT2D eigenvalue weighted by Crippen LogP contribution is 2.17. The minimum Gasteiger partial charge on any atom is -0.321 e. The number of rotatable bonds is 2. The zero-order chi connectivity index (χ0) is 11.7. The zero-order valence-corrected chi connectivity index (χ0v) is 9.20. The number of imidazole rings is 1. The van der Waals surface area contributed by atoms with Crippen molar-refractivity contribution in [3.8, 4) is 0 Å². The molecule has 0 saturated carbocycles. The Hall–Kier alpha value is -1.62. The maximum atomic E-state index is 12.5. The van der Waals surface area contributed by atoms with E-state index < -0.39 is 11.5 Å². The molecule has 0 aliphatic heterocycles. The lowest BCUT2D eigenvalue weighted by Gasteiger charge is -2.09. The second-order valence-electron chi connectivity index (χ2n) is 3.28. The van der Waals surface area contributed by atoms with E-state index in [0.717, 1.165) is 11.3 Å². The number of anilines is 1. The van der Waals surface area contributed by atoms with Crippen LogP contribution in [0.1, 0.15) is 5.69 Å². The number of amides is 1. The number of nitrogens with one attached hydrogen (secondary N) is 1. The van der Waals surface area contributed by atoms with Crippen molar-refractivity contribution in [2.45, 2.75) is 12.6 Å². The molecule has 0 radical (unpaired) electrons. The lowest BCUT2D eigenvalue weighted by atomic mass is 10.3. The minimum atomic E-state index is -2.04. The van der Waals surface area contributed by atoms with E-state index in [-0.39, 0.29) is 0 Å². The summed E-state index contributed by atoms with van der Waals surface area (Å²) in [5, 5.41) is 2.40. The van der Waals surface area contributed by atoms with E-state index in [1.54, 1.807) is 35.9 Å². The number of fused-ring (bicyclic) bond motifs is 1. The second kappa shape index (κ2) is 4.09. The molecule has 4 nitrogen and oxygen atoms in total. The molecule has 1 N–H and O–H groups in total.